The van der Waals surface area contributed by atoms with Crippen molar-refractivity contribution in [1.82, 2.24) is 5.32 Å². The van der Waals surface area contributed by atoms with Gasteiger partial charge in [-0.25, -0.2) is 4.79 Å². The summed E-state index contributed by atoms with van der Waals surface area (Å²) in [6, 6.07) is 6.88. The molecule has 0 aliphatic rings. The lowest BCUT2D eigenvalue weighted by Gasteiger charge is -2.21. The molecule has 0 aromatic heterocycles. The number of esters is 1. The lowest BCUT2D eigenvalue weighted by Crippen LogP contribution is -2.51. The zero-order valence-electron chi connectivity index (χ0n) is 14.3. The van der Waals surface area contributed by atoms with E-state index in [0.29, 0.717) is 6.42 Å². The number of rotatable bonds is 10. The topological polar surface area (TPSA) is 90.7 Å². The van der Waals surface area contributed by atoms with Crippen LogP contribution in [0.4, 0.5) is 8.78 Å². The van der Waals surface area contributed by atoms with Crippen molar-refractivity contribution < 1.29 is 27.8 Å². The maximum atomic E-state index is 12.2. The molecule has 0 radical (unpaired) electrons. The number of hydrogen-bond acceptors (Lipinski definition) is 5. The Morgan fingerprint density at radius 2 is 1.84 bits per heavy atom. The van der Waals surface area contributed by atoms with Gasteiger partial charge in [-0.05, 0) is 17.9 Å². The van der Waals surface area contributed by atoms with E-state index in [1.54, 1.807) is 12.1 Å². The lowest BCUT2D eigenvalue weighted by molar-refractivity contribution is -0.151. The van der Waals surface area contributed by atoms with Gasteiger partial charge in [0.2, 0.25) is 5.91 Å². The highest BCUT2D eigenvalue weighted by Crippen LogP contribution is 2.09. The van der Waals surface area contributed by atoms with Gasteiger partial charge in [-0.15, -0.1) is 0 Å². The van der Waals surface area contributed by atoms with Gasteiger partial charge in [0.05, 0.1) is 6.61 Å². The molecule has 1 amide bonds. The third-order valence-corrected chi connectivity index (χ3v) is 3.27. The average Bonchev–Trinajstić information content (AvgIpc) is 2.57. The Balaban J connectivity index is 2.59. The van der Waals surface area contributed by atoms with Crippen LogP contribution in [0.15, 0.2) is 30.3 Å². The molecule has 0 aliphatic heterocycles. The van der Waals surface area contributed by atoms with Crippen molar-refractivity contribution in [3.63, 3.8) is 0 Å². The minimum absolute atomic E-state index is 0.0741. The molecule has 1 unspecified atom stereocenters. The fourth-order valence-corrected chi connectivity index (χ4v) is 2.05. The summed E-state index contributed by atoms with van der Waals surface area (Å²) in [6.45, 7) is 0.176. The van der Waals surface area contributed by atoms with Crippen LogP contribution in [-0.2, 0) is 25.7 Å². The Bertz CT molecular complexity index is 541. The van der Waals surface area contributed by atoms with E-state index in [4.69, 9.17) is 10.5 Å². The molecular weight excluding hydrogens is 334 g/mol. The summed E-state index contributed by atoms with van der Waals surface area (Å²) in [7, 11) is 0. The summed E-state index contributed by atoms with van der Waals surface area (Å²) >= 11 is 0. The molecule has 25 heavy (non-hydrogen) atoms. The molecule has 0 fully saturated rings. The van der Waals surface area contributed by atoms with Gasteiger partial charge in [0.1, 0.15) is 18.7 Å². The summed E-state index contributed by atoms with van der Waals surface area (Å²) in [5, 5.41) is 2.44. The Morgan fingerprint density at radius 1 is 1.20 bits per heavy atom. The van der Waals surface area contributed by atoms with Crippen molar-refractivity contribution in [3.05, 3.63) is 35.9 Å². The van der Waals surface area contributed by atoms with Gasteiger partial charge >= 0.3 is 12.6 Å². The van der Waals surface area contributed by atoms with Crippen molar-refractivity contribution in [2.24, 2.45) is 11.7 Å². The van der Waals surface area contributed by atoms with E-state index in [0.717, 1.165) is 5.56 Å². The lowest BCUT2D eigenvalue weighted by atomic mass is 10.0. The van der Waals surface area contributed by atoms with Gasteiger partial charge in [-0.2, -0.15) is 8.78 Å². The fraction of sp³-hybridized carbons (Fsp3) is 0.529. The van der Waals surface area contributed by atoms with Crippen molar-refractivity contribution in [1.29, 1.82) is 0 Å². The van der Waals surface area contributed by atoms with Gasteiger partial charge in [0, 0.05) is 0 Å². The summed E-state index contributed by atoms with van der Waals surface area (Å²) in [5.41, 5.74) is 6.30. The van der Waals surface area contributed by atoms with Gasteiger partial charge in [-0.1, -0.05) is 44.2 Å². The Morgan fingerprint density at radius 3 is 2.40 bits per heavy atom. The van der Waals surface area contributed by atoms with Crippen LogP contribution in [0, 0.1) is 5.92 Å². The van der Waals surface area contributed by atoms with E-state index < -0.39 is 37.2 Å². The first-order valence-corrected chi connectivity index (χ1v) is 7.95. The monoisotopic (exact) mass is 358 g/mol. The van der Waals surface area contributed by atoms with E-state index in [1.807, 2.05) is 32.0 Å². The zero-order valence-corrected chi connectivity index (χ0v) is 14.3. The molecule has 1 aromatic carbocycles. The van der Waals surface area contributed by atoms with E-state index >= 15 is 0 Å². The van der Waals surface area contributed by atoms with Crippen LogP contribution in [0.25, 0.3) is 0 Å². The summed E-state index contributed by atoms with van der Waals surface area (Å²) in [4.78, 5) is 24.2. The minimum Gasteiger partial charge on any atom is -0.459 e. The maximum Gasteiger partial charge on any atom is 0.345 e. The van der Waals surface area contributed by atoms with Gasteiger partial charge < -0.3 is 20.5 Å². The summed E-state index contributed by atoms with van der Waals surface area (Å²) in [5.74, 6) is -1.25. The number of ether oxygens (including phenoxy) is 2. The van der Waals surface area contributed by atoms with E-state index in [9.17, 15) is 18.4 Å². The highest BCUT2D eigenvalue weighted by atomic mass is 19.3. The number of nitrogens with one attached hydrogen (secondary N) is 1. The number of carbonyl (C=O) groups excluding carboxylic acids is 2. The molecule has 0 saturated heterocycles. The Labute approximate surface area is 145 Å². The zero-order chi connectivity index (χ0) is 18.8. The molecule has 0 saturated carbocycles. The molecule has 0 heterocycles. The predicted molar refractivity (Wildman–Crippen MR) is 87.6 cm³/mol. The number of alkyl halides is 2. The van der Waals surface area contributed by atoms with E-state index in [2.05, 4.69) is 10.1 Å². The summed E-state index contributed by atoms with van der Waals surface area (Å²) in [6.07, 6.45) is 0.335. The number of carbonyl (C=O) groups is 2. The van der Waals surface area contributed by atoms with Crippen LogP contribution in [0.3, 0.4) is 0 Å². The second-order valence-corrected chi connectivity index (χ2v) is 5.98. The van der Waals surface area contributed by atoms with E-state index in [-0.39, 0.29) is 12.5 Å². The molecule has 140 valence electrons. The van der Waals surface area contributed by atoms with Crippen LogP contribution in [0.2, 0.25) is 0 Å². The van der Waals surface area contributed by atoms with Crippen molar-refractivity contribution in [2.45, 2.75) is 45.6 Å². The van der Waals surface area contributed by atoms with Crippen molar-refractivity contribution in [3.8, 4) is 0 Å². The highest BCUT2D eigenvalue weighted by molar-refractivity contribution is 5.87. The highest BCUT2D eigenvalue weighted by Gasteiger charge is 2.26. The SMILES string of the molecule is CC(C)C[C@H](NC(=O)C(N)COC(F)F)C(=O)OCc1ccccc1. The molecule has 8 heteroatoms. The van der Waals surface area contributed by atoms with Crippen LogP contribution >= 0.6 is 0 Å². The third-order valence-electron chi connectivity index (χ3n) is 3.27. The Kier molecular flexibility index (Phi) is 9.01. The smallest absolute Gasteiger partial charge is 0.345 e. The largest absolute Gasteiger partial charge is 0.459 e. The average molecular weight is 358 g/mol. The Hall–Kier alpha value is -2.06. The normalized spacial score (nSPS) is 13.6. The first-order chi connectivity index (χ1) is 11.8. The number of hydrogen-bond donors (Lipinski definition) is 2. The number of nitrogens with two attached hydrogens (primary N) is 1. The minimum atomic E-state index is -3.01. The molecule has 6 nitrogen and oxygen atoms in total. The predicted octanol–water partition coefficient (Wildman–Crippen LogP) is 1.83. The fourth-order valence-electron chi connectivity index (χ4n) is 2.05. The quantitative estimate of drug-likeness (QED) is 0.623. The van der Waals surface area contributed by atoms with E-state index in [1.165, 1.54) is 0 Å². The van der Waals surface area contributed by atoms with Crippen LogP contribution < -0.4 is 11.1 Å². The molecular formula is C17H24F2N2O4. The van der Waals surface area contributed by atoms with Crippen molar-refractivity contribution in [2.75, 3.05) is 6.61 Å². The van der Waals surface area contributed by atoms with Gasteiger partial charge in [0.15, 0.2) is 0 Å². The molecule has 1 aromatic rings. The molecule has 0 spiro atoms. The molecule has 2 atom stereocenters. The number of halogens is 2. The van der Waals surface area contributed by atoms with Crippen molar-refractivity contribution >= 4 is 11.9 Å². The second-order valence-electron chi connectivity index (χ2n) is 5.98. The van der Waals surface area contributed by atoms with Gasteiger partial charge in [-0.3, -0.25) is 4.79 Å². The molecule has 0 bridgehead atoms. The van der Waals surface area contributed by atoms with Gasteiger partial charge in [0.25, 0.3) is 0 Å². The first-order valence-electron chi connectivity index (χ1n) is 7.95. The maximum absolute atomic E-state index is 12.2. The third kappa shape index (κ3) is 8.55. The first kappa shape index (κ1) is 21.0. The second kappa shape index (κ2) is 10.7. The molecule has 1 rings (SSSR count). The standard InChI is InChI=1S/C17H24F2N2O4/c1-11(2)8-14(21-15(22)13(20)10-25-17(18)19)16(23)24-9-12-6-4-3-5-7-12/h3-7,11,13-14,17H,8-10,20H2,1-2H3,(H,21,22)/t13?,14-/m0/s1. The molecule has 0 aliphatic carbocycles. The van der Waals surface area contributed by atoms with Crippen LogP contribution in [0.1, 0.15) is 25.8 Å². The van der Waals surface area contributed by atoms with Crippen LogP contribution in [-0.4, -0.2) is 37.2 Å². The number of benzene rings is 1. The summed E-state index contributed by atoms with van der Waals surface area (Å²) < 4.78 is 33.2. The number of amides is 1. The van der Waals surface area contributed by atoms with Crippen LogP contribution in [0.5, 0.6) is 0 Å². The molecule has 3 N–H and O–H groups in total.